The Bertz CT molecular complexity index is 463. The van der Waals surface area contributed by atoms with E-state index in [0.717, 1.165) is 31.4 Å². The number of aliphatic carboxylic acids is 1. The molecule has 1 heterocycles. The first-order chi connectivity index (χ1) is 10.1. The smallest absolute Gasteiger partial charge is 0.329 e. The first-order valence-electron chi connectivity index (χ1n) is 7.88. The van der Waals surface area contributed by atoms with E-state index in [0.29, 0.717) is 19.1 Å². The molecule has 4 heteroatoms. The number of hydrogen-bond donors (Lipinski definition) is 2. The molecular formula is C17H26N2O2. The molecule has 0 saturated carbocycles. The molecule has 1 aromatic carbocycles. The van der Waals surface area contributed by atoms with Crippen LogP contribution in [0.5, 0.6) is 0 Å². The van der Waals surface area contributed by atoms with Crippen molar-refractivity contribution in [3.63, 3.8) is 0 Å². The van der Waals surface area contributed by atoms with E-state index in [1.807, 2.05) is 30.3 Å². The first-order valence-corrected chi connectivity index (χ1v) is 7.88. The van der Waals surface area contributed by atoms with Crippen LogP contribution in [0.25, 0.3) is 0 Å². The van der Waals surface area contributed by atoms with Gasteiger partial charge in [0.1, 0.15) is 0 Å². The van der Waals surface area contributed by atoms with Gasteiger partial charge in [-0.2, -0.15) is 0 Å². The zero-order valence-electron chi connectivity index (χ0n) is 13.0. The van der Waals surface area contributed by atoms with Gasteiger partial charge in [-0.25, -0.2) is 4.79 Å². The monoisotopic (exact) mass is 290 g/mol. The minimum atomic E-state index is -1.02. The summed E-state index contributed by atoms with van der Waals surface area (Å²) in [5.41, 5.74) is -0.180. The van der Waals surface area contributed by atoms with Gasteiger partial charge in [0, 0.05) is 12.6 Å². The molecule has 2 unspecified atom stereocenters. The molecule has 0 aromatic heterocycles. The largest absolute Gasteiger partial charge is 0.480 e. The Balaban J connectivity index is 2.33. The molecule has 0 radical (unpaired) electrons. The van der Waals surface area contributed by atoms with Crippen LogP contribution in [0.1, 0.15) is 38.7 Å². The summed E-state index contributed by atoms with van der Waals surface area (Å²) in [5, 5.41) is 13.3. The van der Waals surface area contributed by atoms with Gasteiger partial charge in [0.15, 0.2) is 5.54 Å². The maximum absolute atomic E-state index is 12.1. The average molecular weight is 290 g/mol. The highest BCUT2D eigenvalue weighted by molar-refractivity contribution is 5.81. The summed E-state index contributed by atoms with van der Waals surface area (Å²) < 4.78 is 0. The maximum atomic E-state index is 12.1. The third-order valence-corrected chi connectivity index (χ3v) is 4.44. The molecule has 2 rings (SSSR count). The highest BCUT2D eigenvalue weighted by Gasteiger charge is 2.42. The number of benzene rings is 1. The number of carboxylic acid groups (broad SMARTS) is 1. The lowest BCUT2D eigenvalue weighted by atomic mass is 9.88. The van der Waals surface area contributed by atoms with Gasteiger partial charge in [-0.05, 0) is 44.8 Å². The Morgan fingerprint density at radius 3 is 2.67 bits per heavy atom. The van der Waals surface area contributed by atoms with Crippen LogP contribution in [-0.4, -0.2) is 41.7 Å². The minimum Gasteiger partial charge on any atom is -0.480 e. The second-order valence-electron chi connectivity index (χ2n) is 5.97. The van der Waals surface area contributed by atoms with Crippen LogP contribution in [-0.2, 0) is 10.3 Å². The van der Waals surface area contributed by atoms with Gasteiger partial charge in [-0.3, -0.25) is 10.2 Å². The number of hydrogen-bond acceptors (Lipinski definition) is 3. The van der Waals surface area contributed by atoms with E-state index in [9.17, 15) is 9.90 Å². The Hall–Kier alpha value is -1.39. The quantitative estimate of drug-likeness (QED) is 0.810. The van der Waals surface area contributed by atoms with E-state index in [1.165, 1.54) is 0 Å². The van der Waals surface area contributed by atoms with E-state index >= 15 is 0 Å². The maximum Gasteiger partial charge on any atom is 0.329 e. The summed E-state index contributed by atoms with van der Waals surface area (Å²) in [5.74, 6) is -0.791. The van der Waals surface area contributed by atoms with E-state index < -0.39 is 11.5 Å². The van der Waals surface area contributed by atoms with Gasteiger partial charge in [0.05, 0.1) is 0 Å². The lowest BCUT2D eigenvalue weighted by Crippen LogP contribution is -2.57. The number of likely N-dealkylation sites (tertiary alicyclic amines) is 1. The second-order valence-corrected chi connectivity index (χ2v) is 5.97. The van der Waals surface area contributed by atoms with Crippen molar-refractivity contribution in [2.75, 3.05) is 19.6 Å². The Labute approximate surface area is 127 Å². The highest BCUT2D eigenvalue weighted by atomic mass is 16.4. The first kappa shape index (κ1) is 16.0. The van der Waals surface area contributed by atoms with Crippen molar-refractivity contribution in [2.24, 2.45) is 0 Å². The highest BCUT2D eigenvalue weighted by Crippen LogP contribution is 2.27. The topological polar surface area (TPSA) is 52.6 Å². The van der Waals surface area contributed by atoms with Crippen molar-refractivity contribution in [2.45, 2.75) is 44.7 Å². The van der Waals surface area contributed by atoms with Gasteiger partial charge in [0.25, 0.3) is 0 Å². The van der Waals surface area contributed by atoms with Crippen molar-refractivity contribution >= 4 is 5.97 Å². The Morgan fingerprint density at radius 1 is 1.43 bits per heavy atom. The summed E-state index contributed by atoms with van der Waals surface area (Å²) >= 11 is 0. The normalized spacial score (nSPS) is 22.1. The molecule has 1 aromatic rings. The molecule has 4 nitrogen and oxygen atoms in total. The van der Waals surface area contributed by atoms with Crippen LogP contribution in [0.2, 0.25) is 0 Å². The van der Waals surface area contributed by atoms with Crippen molar-refractivity contribution in [3.8, 4) is 0 Å². The van der Waals surface area contributed by atoms with Crippen molar-refractivity contribution in [3.05, 3.63) is 35.9 Å². The molecule has 0 bridgehead atoms. The number of rotatable bonds is 7. The molecule has 2 atom stereocenters. The van der Waals surface area contributed by atoms with Gasteiger partial charge < -0.3 is 5.11 Å². The van der Waals surface area contributed by atoms with Crippen LogP contribution >= 0.6 is 0 Å². The third-order valence-electron chi connectivity index (χ3n) is 4.44. The van der Waals surface area contributed by atoms with Gasteiger partial charge >= 0.3 is 5.97 Å². The third kappa shape index (κ3) is 3.44. The molecule has 2 N–H and O–H groups in total. The molecular weight excluding hydrogens is 264 g/mol. The van der Waals surface area contributed by atoms with Crippen LogP contribution in [0.15, 0.2) is 30.3 Å². The Kier molecular flexibility index (Phi) is 5.37. The van der Waals surface area contributed by atoms with Gasteiger partial charge in [-0.15, -0.1) is 0 Å². The predicted molar refractivity (Wildman–Crippen MR) is 84.3 cm³/mol. The summed E-state index contributed by atoms with van der Waals surface area (Å²) in [6, 6.07) is 10.0. The van der Waals surface area contributed by atoms with Crippen molar-refractivity contribution in [1.82, 2.24) is 10.2 Å². The molecule has 1 aliphatic rings. The summed E-state index contributed by atoms with van der Waals surface area (Å²) in [6.07, 6.45) is 3.22. The van der Waals surface area contributed by atoms with E-state index in [-0.39, 0.29) is 0 Å². The molecule has 1 aliphatic heterocycles. The second kappa shape index (κ2) is 7.05. The fraction of sp³-hybridized carbons (Fsp3) is 0.588. The van der Waals surface area contributed by atoms with Crippen LogP contribution < -0.4 is 5.32 Å². The minimum absolute atomic E-state index is 0.455. The summed E-state index contributed by atoms with van der Waals surface area (Å²) in [6.45, 7) is 6.45. The van der Waals surface area contributed by atoms with E-state index in [1.54, 1.807) is 0 Å². The molecule has 21 heavy (non-hydrogen) atoms. The molecule has 0 amide bonds. The van der Waals surface area contributed by atoms with E-state index in [4.69, 9.17) is 0 Å². The fourth-order valence-corrected chi connectivity index (χ4v) is 3.11. The molecule has 0 spiro atoms. The Morgan fingerprint density at radius 2 is 2.14 bits per heavy atom. The van der Waals surface area contributed by atoms with Crippen LogP contribution in [0, 0.1) is 0 Å². The molecule has 1 fully saturated rings. The van der Waals surface area contributed by atoms with Crippen LogP contribution in [0.4, 0.5) is 0 Å². The molecule has 116 valence electrons. The number of carbonyl (C=O) groups is 1. The van der Waals surface area contributed by atoms with Gasteiger partial charge in [0.2, 0.25) is 0 Å². The lowest BCUT2D eigenvalue weighted by molar-refractivity contribution is -0.146. The predicted octanol–water partition coefficient (Wildman–Crippen LogP) is 2.45. The number of carboxylic acids is 1. The lowest BCUT2D eigenvalue weighted by Gasteiger charge is -2.36. The molecule has 1 saturated heterocycles. The zero-order chi connectivity index (χ0) is 15.3. The zero-order valence-corrected chi connectivity index (χ0v) is 13.0. The van der Waals surface area contributed by atoms with Crippen LogP contribution in [0.3, 0.4) is 0 Å². The standard InChI is InChI=1S/C17H26N2O2/c1-3-11-18-17(16(20)21,15-9-5-4-6-10-15)13-19-12-7-8-14(19)2/h4-6,9-10,14,18H,3,7-8,11-13H2,1-2H3,(H,20,21). The summed E-state index contributed by atoms with van der Waals surface area (Å²) in [7, 11) is 0. The van der Waals surface area contributed by atoms with Crippen molar-refractivity contribution < 1.29 is 9.90 Å². The SMILES string of the molecule is CCCNC(CN1CCCC1C)(C(=O)O)c1ccccc1. The number of nitrogens with zero attached hydrogens (tertiary/aromatic N) is 1. The molecule has 0 aliphatic carbocycles. The average Bonchev–Trinajstić information content (AvgIpc) is 2.89. The number of nitrogens with one attached hydrogen (secondary N) is 1. The summed E-state index contributed by atoms with van der Waals surface area (Å²) in [4.78, 5) is 14.4. The fourth-order valence-electron chi connectivity index (χ4n) is 3.11. The van der Waals surface area contributed by atoms with Gasteiger partial charge in [-0.1, -0.05) is 37.3 Å². The van der Waals surface area contributed by atoms with Crippen molar-refractivity contribution in [1.29, 1.82) is 0 Å². The van der Waals surface area contributed by atoms with E-state index in [2.05, 4.69) is 24.1 Å².